The van der Waals surface area contributed by atoms with Gasteiger partial charge in [0.05, 0.1) is 4.53 Å². The molecule has 0 saturated heterocycles. The third kappa shape index (κ3) is 2.54. The summed E-state index contributed by atoms with van der Waals surface area (Å²) in [6.07, 6.45) is 1.94. The van der Waals surface area contributed by atoms with Crippen molar-refractivity contribution >= 4 is 49.6 Å². The van der Waals surface area contributed by atoms with E-state index >= 15 is 0 Å². The Morgan fingerprint density at radius 1 is 1.17 bits per heavy atom. The van der Waals surface area contributed by atoms with Crippen molar-refractivity contribution in [3.63, 3.8) is 0 Å². The molecule has 7 heteroatoms. The van der Waals surface area contributed by atoms with Crippen LogP contribution in [0.25, 0.3) is 22.4 Å². The molecule has 3 aromatic heterocycles. The minimum absolute atomic E-state index is 0.0688. The van der Waals surface area contributed by atoms with Crippen LogP contribution < -0.4 is 10.1 Å². The van der Waals surface area contributed by atoms with Crippen LogP contribution in [0, 0.1) is 6.92 Å². The minimum atomic E-state index is -0.0688. The molecule has 3 heterocycles. The molecule has 0 amide bonds. The van der Waals surface area contributed by atoms with E-state index < -0.39 is 0 Å². The maximum atomic E-state index is 12.7. The van der Waals surface area contributed by atoms with Gasteiger partial charge in [-0.15, -0.1) is 21.5 Å². The number of rotatable bonds is 2. The molecule has 0 aliphatic carbocycles. The van der Waals surface area contributed by atoms with Crippen molar-refractivity contribution in [3.8, 4) is 11.4 Å². The van der Waals surface area contributed by atoms with E-state index in [2.05, 4.69) is 32.2 Å². The first-order valence-electron chi connectivity index (χ1n) is 6.83. The fourth-order valence-corrected chi connectivity index (χ4v) is 4.39. The molecule has 0 spiro atoms. The Morgan fingerprint density at radius 2 is 1.96 bits per heavy atom. The van der Waals surface area contributed by atoms with Gasteiger partial charge in [-0.2, -0.15) is 0 Å². The molecule has 23 heavy (non-hydrogen) atoms. The van der Waals surface area contributed by atoms with E-state index in [9.17, 15) is 4.79 Å². The van der Waals surface area contributed by atoms with Crippen LogP contribution in [0.3, 0.4) is 0 Å². The van der Waals surface area contributed by atoms with Crippen molar-refractivity contribution in [2.45, 2.75) is 6.92 Å². The molecule has 0 saturated carbocycles. The van der Waals surface area contributed by atoms with E-state index in [1.165, 1.54) is 16.9 Å². The largest absolute Gasteiger partial charge is 0.276 e. The van der Waals surface area contributed by atoms with E-state index in [0.717, 1.165) is 14.9 Å². The van der Waals surface area contributed by atoms with Gasteiger partial charge in [0.2, 0.25) is 4.96 Å². The van der Waals surface area contributed by atoms with E-state index in [1.807, 2.05) is 42.6 Å². The quantitative estimate of drug-likeness (QED) is 0.514. The highest BCUT2D eigenvalue weighted by atomic mass is 79.9. The summed E-state index contributed by atoms with van der Waals surface area (Å²) in [5.74, 6) is 0.580. The molecular formula is C16H10BrN3OS2. The molecule has 0 unspecified atom stereocenters. The van der Waals surface area contributed by atoms with Crippen LogP contribution in [0.2, 0.25) is 0 Å². The first-order valence-corrected chi connectivity index (χ1v) is 9.32. The van der Waals surface area contributed by atoms with Crippen molar-refractivity contribution in [1.82, 2.24) is 14.6 Å². The minimum Gasteiger partial charge on any atom is -0.267 e. The van der Waals surface area contributed by atoms with Gasteiger partial charge in [-0.1, -0.05) is 39.4 Å². The molecule has 114 valence electrons. The van der Waals surface area contributed by atoms with Crippen LogP contribution in [-0.4, -0.2) is 14.6 Å². The number of nitrogens with zero attached hydrogens (tertiary/aromatic N) is 3. The van der Waals surface area contributed by atoms with Crippen molar-refractivity contribution < 1.29 is 0 Å². The third-order valence-corrected chi connectivity index (χ3v) is 5.97. The normalized spacial score (nSPS) is 12.3. The van der Waals surface area contributed by atoms with Gasteiger partial charge in [0.1, 0.15) is 0 Å². The number of thiophene rings is 1. The summed E-state index contributed by atoms with van der Waals surface area (Å²) < 4.78 is 3.25. The zero-order chi connectivity index (χ0) is 16.0. The monoisotopic (exact) mass is 403 g/mol. The molecule has 0 bridgehead atoms. The predicted molar refractivity (Wildman–Crippen MR) is 98.1 cm³/mol. The number of aryl methyl sites for hydroxylation is 1. The van der Waals surface area contributed by atoms with E-state index in [0.29, 0.717) is 15.3 Å². The van der Waals surface area contributed by atoms with Crippen LogP contribution in [-0.2, 0) is 0 Å². The number of hydrogen-bond acceptors (Lipinski definition) is 5. The fourth-order valence-electron chi connectivity index (χ4n) is 2.30. The van der Waals surface area contributed by atoms with Crippen LogP contribution in [0.5, 0.6) is 0 Å². The Labute approximate surface area is 147 Å². The zero-order valence-electron chi connectivity index (χ0n) is 12.0. The lowest BCUT2D eigenvalue weighted by Crippen LogP contribution is -2.23. The smallest absolute Gasteiger partial charge is 0.267 e. The van der Waals surface area contributed by atoms with Crippen molar-refractivity contribution in [1.29, 1.82) is 0 Å². The highest BCUT2D eigenvalue weighted by molar-refractivity contribution is 9.10. The van der Waals surface area contributed by atoms with Gasteiger partial charge in [0.15, 0.2) is 5.82 Å². The summed E-state index contributed by atoms with van der Waals surface area (Å²) in [5.41, 5.74) is 1.97. The fraction of sp³-hybridized carbons (Fsp3) is 0.0625. The molecule has 0 N–H and O–H groups in total. The number of hydrogen-bond donors (Lipinski definition) is 0. The summed E-state index contributed by atoms with van der Waals surface area (Å²) in [5, 5.41) is 10.3. The van der Waals surface area contributed by atoms with Crippen molar-refractivity contribution in [2.24, 2.45) is 0 Å². The van der Waals surface area contributed by atoms with Gasteiger partial charge < -0.3 is 0 Å². The molecule has 4 nitrogen and oxygen atoms in total. The van der Waals surface area contributed by atoms with E-state index in [1.54, 1.807) is 15.7 Å². The second-order valence-electron chi connectivity index (χ2n) is 5.03. The maximum Gasteiger partial charge on any atom is 0.276 e. The molecule has 4 aromatic rings. The van der Waals surface area contributed by atoms with Gasteiger partial charge in [0.25, 0.3) is 5.56 Å². The Kier molecular flexibility index (Phi) is 3.63. The van der Waals surface area contributed by atoms with Gasteiger partial charge in [0, 0.05) is 14.9 Å². The Morgan fingerprint density at radius 3 is 2.65 bits per heavy atom. The van der Waals surface area contributed by atoms with Gasteiger partial charge in [-0.3, -0.25) is 4.79 Å². The van der Waals surface area contributed by atoms with Crippen molar-refractivity contribution in [2.75, 3.05) is 0 Å². The van der Waals surface area contributed by atoms with E-state index in [4.69, 9.17) is 0 Å². The number of thiazole rings is 1. The first-order chi connectivity index (χ1) is 11.1. The van der Waals surface area contributed by atoms with Crippen LogP contribution in [0.4, 0.5) is 0 Å². The lowest BCUT2D eigenvalue weighted by Gasteiger charge is -1.96. The van der Waals surface area contributed by atoms with Gasteiger partial charge in [-0.25, -0.2) is 4.40 Å². The Hall–Kier alpha value is -1.83. The molecule has 0 atom stereocenters. The summed E-state index contributed by atoms with van der Waals surface area (Å²) in [7, 11) is 0. The predicted octanol–water partition coefficient (Wildman–Crippen LogP) is 3.50. The highest BCUT2D eigenvalue weighted by Gasteiger charge is 2.14. The highest BCUT2D eigenvalue weighted by Crippen LogP contribution is 2.21. The van der Waals surface area contributed by atoms with Crippen LogP contribution in [0.1, 0.15) is 10.4 Å². The lowest BCUT2D eigenvalue weighted by molar-refractivity contribution is 1.09. The second kappa shape index (κ2) is 5.67. The SMILES string of the molecule is Cc1ccsc1C=c1sc2nnc(-c3ccc(Br)cc3)n2c1=O. The van der Waals surface area contributed by atoms with Gasteiger partial charge in [-0.05, 0) is 42.1 Å². The summed E-state index contributed by atoms with van der Waals surface area (Å²) in [6, 6.07) is 9.74. The molecule has 0 aliphatic heterocycles. The second-order valence-corrected chi connectivity index (χ2v) is 7.90. The van der Waals surface area contributed by atoms with E-state index in [-0.39, 0.29) is 5.56 Å². The topological polar surface area (TPSA) is 47.3 Å². The zero-order valence-corrected chi connectivity index (χ0v) is 15.2. The standard InChI is InChI=1S/C16H10BrN3OS2/c1-9-6-7-22-12(9)8-13-15(21)20-14(18-19-16(20)23-13)10-2-4-11(17)5-3-10/h2-8H,1H3. The molecule has 1 aromatic carbocycles. The maximum absolute atomic E-state index is 12.7. The van der Waals surface area contributed by atoms with Gasteiger partial charge >= 0.3 is 0 Å². The average molecular weight is 404 g/mol. The first kappa shape index (κ1) is 14.7. The number of benzene rings is 1. The summed E-state index contributed by atoms with van der Waals surface area (Å²) in [6.45, 7) is 2.04. The molecule has 0 aliphatic rings. The van der Waals surface area contributed by atoms with Crippen molar-refractivity contribution in [3.05, 3.63) is 65.5 Å². The number of fused-ring (bicyclic) bond motifs is 1. The number of aromatic nitrogens is 3. The lowest BCUT2D eigenvalue weighted by atomic mass is 10.2. The molecule has 4 rings (SSSR count). The molecular weight excluding hydrogens is 394 g/mol. The summed E-state index contributed by atoms with van der Waals surface area (Å²) in [4.78, 5) is 14.5. The Balaban J connectivity index is 1.94. The summed E-state index contributed by atoms with van der Waals surface area (Å²) >= 11 is 6.41. The Bertz CT molecular complexity index is 1110. The number of halogens is 1. The van der Waals surface area contributed by atoms with Crippen LogP contribution in [0.15, 0.2) is 45.0 Å². The average Bonchev–Trinajstić information content (AvgIpc) is 3.20. The molecule has 0 fully saturated rings. The third-order valence-electron chi connectivity index (χ3n) is 3.51. The molecule has 0 radical (unpaired) electrons. The van der Waals surface area contributed by atoms with Crippen LogP contribution >= 0.6 is 38.6 Å².